The zero-order valence-electron chi connectivity index (χ0n) is 14.0. The summed E-state index contributed by atoms with van der Waals surface area (Å²) in [6.07, 6.45) is -1.32. The Hall–Kier alpha value is -3.34. The maximum Gasteiger partial charge on any atom is 0.471 e. The number of alkyl halides is 3. The normalized spacial score (nSPS) is 11.5. The second kappa shape index (κ2) is 7.35. The van der Waals surface area contributed by atoms with E-state index in [9.17, 15) is 13.2 Å². The van der Waals surface area contributed by atoms with E-state index >= 15 is 0 Å². The molecule has 0 amide bonds. The lowest BCUT2D eigenvalue weighted by atomic mass is 10.1. The van der Waals surface area contributed by atoms with Crippen molar-refractivity contribution in [2.75, 3.05) is 5.32 Å². The minimum Gasteiger partial charge on any atom is -0.350 e. The van der Waals surface area contributed by atoms with Gasteiger partial charge in [0, 0.05) is 29.9 Å². The summed E-state index contributed by atoms with van der Waals surface area (Å²) < 4.78 is 41.9. The second-order valence-corrected chi connectivity index (χ2v) is 6.47. The van der Waals surface area contributed by atoms with Gasteiger partial charge in [0.25, 0.3) is 0 Å². The number of benzene rings is 1. The Bertz CT molecular complexity index is 1060. The van der Waals surface area contributed by atoms with Gasteiger partial charge in [-0.15, -0.1) is 11.3 Å². The quantitative estimate of drug-likeness (QED) is 0.531. The molecule has 0 unspecified atom stereocenters. The number of halogens is 3. The lowest BCUT2D eigenvalue weighted by molar-refractivity contribution is -0.159. The molecule has 1 aromatic carbocycles. The van der Waals surface area contributed by atoms with Crippen molar-refractivity contribution >= 4 is 17.3 Å². The highest BCUT2D eigenvalue weighted by Crippen LogP contribution is 2.29. The predicted molar refractivity (Wildman–Crippen MR) is 95.2 cm³/mol. The molecule has 0 atom stereocenters. The van der Waals surface area contributed by atoms with Crippen LogP contribution in [0.25, 0.3) is 22.1 Å². The molecule has 4 aromatic rings. The molecule has 4 rings (SSSR count). The van der Waals surface area contributed by atoms with Gasteiger partial charge in [-0.05, 0) is 11.6 Å². The molecule has 11 heteroatoms. The van der Waals surface area contributed by atoms with Crippen LogP contribution in [0.2, 0.25) is 0 Å². The smallest absolute Gasteiger partial charge is 0.350 e. The zero-order chi connectivity index (χ0) is 19.6. The minimum absolute atomic E-state index is 0.119. The van der Waals surface area contributed by atoms with E-state index in [1.54, 1.807) is 42.7 Å². The van der Waals surface area contributed by atoms with Crippen LogP contribution in [-0.4, -0.2) is 25.1 Å². The summed E-state index contributed by atoms with van der Waals surface area (Å²) >= 11 is 1.48. The maximum atomic E-state index is 12.5. The van der Waals surface area contributed by atoms with Gasteiger partial charge in [-0.25, -0.2) is 15.0 Å². The summed E-state index contributed by atoms with van der Waals surface area (Å²) in [5, 5.41) is 9.13. The van der Waals surface area contributed by atoms with Crippen molar-refractivity contribution in [3.05, 3.63) is 59.6 Å². The second-order valence-electron chi connectivity index (χ2n) is 5.57. The Kier molecular flexibility index (Phi) is 4.74. The van der Waals surface area contributed by atoms with Crippen LogP contribution < -0.4 is 5.32 Å². The SMILES string of the molecule is FC(F)(F)c1nc(-c2ccc(CNc3nccc(-c4nccs4)n3)cc2)no1. The summed E-state index contributed by atoms with van der Waals surface area (Å²) in [6, 6.07) is 8.51. The van der Waals surface area contributed by atoms with Crippen LogP contribution in [0, 0.1) is 0 Å². The van der Waals surface area contributed by atoms with Gasteiger partial charge in [0.2, 0.25) is 11.8 Å². The zero-order valence-corrected chi connectivity index (χ0v) is 14.8. The molecular weight excluding hydrogens is 393 g/mol. The van der Waals surface area contributed by atoms with Crippen LogP contribution in [0.4, 0.5) is 19.1 Å². The van der Waals surface area contributed by atoms with Crippen LogP contribution >= 0.6 is 11.3 Å². The van der Waals surface area contributed by atoms with Crippen LogP contribution in [-0.2, 0) is 12.7 Å². The van der Waals surface area contributed by atoms with Gasteiger partial charge in [0.15, 0.2) is 0 Å². The van der Waals surface area contributed by atoms with Crippen LogP contribution in [0.1, 0.15) is 11.5 Å². The fraction of sp³-hybridized carbons (Fsp3) is 0.118. The molecule has 142 valence electrons. The number of aromatic nitrogens is 5. The van der Waals surface area contributed by atoms with Gasteiger partial charge in [-0.2, -0.15) is 18.2 Å². The third kappa shape index (κ3) is 3.98. The van der Waals surface area contributed by atoms with E-state index in [0.717, 1.165) is 16.3 Å². The molecule has 3 aromatic heterocycles. The Balaban J connectivity index is 1.43. The Labute approximate surface area is 160 Å². The molecule has 0 bridgehead atoms. The lowest BCUT2D eigenvalue weighted by Gasteiger charge is -2.06. The fourth-order valence-electron chi connectivity index (χ4n) is 2.32. The van der Waals surface area contributed by atoms with Crippen molar-refractivity contribution in [1.82, 2.24) is 25.1 Å². The van der Waals surface area contributed by atoms with E-state index in [1.165, 1.54) is 11.3 Å². The van der Waals surface area contributed by atoms with Crippen molar-refractivity contribution in [1.29, 1.82) is 0 Å². The summed E-state index contributed by atoms with van der Waals surface area (Å²) in [4.78, 5) is 16.2. The van der Waals surface area contributed by atoms with E-state index in [2.05, 4.69) is 34.9 Å². The van der Waals surface area contributed by atoms with Gasteiger partial charge in [0.1, 0.15) is 10.7 Å². The lowest BCUT2D eigenvalue weighted by Crippen LogP contribution is -2.05. The molecule has 0 saturated heterocycles. The summed E-state index contributed by atoms with van der Waals surface area (Å²) in [6.45, 7) is 0.432. The van der Waals surface area contributed by atoms with Crippen molar-refractivity contribution in [2.24, 2.45) is 0 Å². The van der Waals surface area contributed by atoms with E-state index in [0.29, 0.717) is 18.1 Å². The first-order valence-electron chi connectivity index (χ1n) is 7.96. The number of hydrogen-bond donors (Lipinski definition) is 1. The van der Waals surface area contributed by atoms with Crippen LogP contribution in [0.3, 0.4) is 0 Å². The van der Waals surface area contributed by atoms with E-state index in [4.69, 9.17) is 0 Å². The molecule has 0 fully saturated rings. The van der Waals surface area contributed by atoms with E-state index in [1.807, 2.05) is 5.38 Å². The summed E-state index contributed by atoms with van der Waals surface area (Å²) in [5.41, 5.74) is 2.02. The number of anilines is 1. The minimum atomic E-state index is -4.66. The average molecular weight is 404 g/mol. The monoisotopic (exact) mass is 404 g/mol. The molecular formula is C17H11F3N6OS. The molecule has 1 N–H and O–H groups in total. The van der Waals surface area contributed by atoms with Crippen molar-refractivity contribution < 1.29 is 17.7 Å². The van der Waals surface area contributed by atoms with Gasteiger partial charge in [-0.3, -0.25) is 0 Å². The van der Waals surface area contributed by atoms with Gasteiger partial charge in [-0.1, -0.05) is 29.4 Å². The Morgan fingerprint density at radius 2 is 1.82 bits per heavy atom. The number of thiazole rings is 1. The predicted octanol–water partition coefficient (Wildman–Crippen LogP) is 4.28. The first-order valence-corrected chi connectivity index (χ1v) is 8.84. The topological polar surface area (TPSA) is 89.6 Å². The first kappa shape index (κ1) is 18.0. The third-order valence-corrected chi connectivity index (χ3v) is 4.43. The third-order valence-electron chi connectivity index (χ3n) is 3.64. The van der Waals surface area contributed by atoms with Crippen molar-refractivity contribution in [3.63, 3.8) is 0 Å². The van der Waals surface area contributed by atoms with Gasteiger partial charge >= 0.3 is 12.1 Å². The van der Waals surface area contributed by atoms with Crippen molar-refractivity contribution in [2.45, 2.75) is 12.7 Å². The number of rotatable bonds is 5. The number of hydrogen-bond acceptors (Lipinski definition) is 8. The highest BCUT2D eigenvalue weighted by molar-refractivity contribution is 7.13. The molecule has 0 aliphatic carbocycles. The first-order chi connectivity index (χ1) is 13.5. The highest BCUT2D eigenvalue weighted by Gasteiger charge is 2.38. The molecule has 28 heavy (non-hydrogen) atoms. The van der Waals surface area contributed by atoms with E-state index in [-0.39, 0.29) is 5.82 Å². The van der Waals surface area contributed by atoms with Gasteiger partial charge in [0.05, 0.1) is 0 Å². The molecule has 7 nitrogen and oxygen atoms in total. The molecule has 0 radical (unpaired) electrons. The maximum absolute atomic E-state index is 12.5. The standard InChI is InChI=1S/C17H11F3N6OS/c18-17(19,20)15-25-13(26-27-15)11-3-1-10(2-4-11)9-23-16-22-6-5-12(24-16)14-21-7-8-28-14/h1-8H,9H2,(H,22,23,24). The largest absolute Gasteiger partial charge is 0.471 e. The molecule has 0 saturated carbocycles. The molecule has 3 heterocycles. The van der Waals surface area contributed by atoms with E-state index < -0.39 is 12.1 Å². The van der Waals surface area contributed by atoms with Crippen LogP contribution in [0.5, 0.6) is 0 Å². The van der Waals surface area contributed by atoms with Crippen LogP contribution in [0.15, 0.2) is 52.6 Å². The average Bonchev–Trinajstić information content (AvgIpc) is 3.39. The number of nitrogens with zero attached hydrogens (tertiary/aromatic N) is 5. The molecule has 0 spiro atoms. The molecule has 0 aliphatic heterocycles. The number of nitrogens with one attached hydrogen (secondary N) is 1. The Morgan fingerprint density at radius 1 is 1.00 bits per heavy atom. The fourth-order valence-corrected chi connectivity index (χ4v) is 2.93. The Morgan fingerprint density at radius 3 is 2.50 bits per heavy atom. The summed E-state index contributed by atoms with van der Waals surface area (Å²) in [7, 11) is 0. The van der Waals surface area contributed by atoms with Gasteiger partial charge < -0.3 is 9.84 Å². The molecule has 0 aliphatic rings. The summed E-state index contributed by atoms with van der Waals surface area (Å²) in [5.74, 6) is -1.04. The van der Waals surface area contributed by atoms with Crippen molar-refractivity contribution in [3.8, 4) is 22.1 Å². The highest BCUT2D eigenvalue weighted by atomic mass is 32.1.